The summed E-state index contributed by atoms with van der Waals surface area (Å²) in [4.78, 5) is 4.25. The van der Waals surface area contributed by atoms with Gasteiger partial charge in [0.05, 0.1) is 0 Å². The standard InChI is InChI=1S/C18H18N4.2C2H6/c1-21-15-9-5-3-7-13(15)11-17(21)19-20-18-12-14-8-4-6-10-16(14)22(18)2;2*1-2/h3-10H,11-12H2,1-2H3;2*1-2H3/b19-17-,20-18+;;. The minimum Gasteiger partial charge on any atom is -0.331 e. The van der Waals surface area contributed by atoms with Crippen LogP contribution in [0, 0.1) is 0 Å². The quantitative estimate of drug-likeness (QED) is 0.667. The van der Waals surface area contributed by atoms with Crippen molar-refractivity contribution in [3.63, 3.8) is 0 Å². The predicted octanol–water partition coefficient (Wildman–Crippen LogP) is 5.14. The van der Waals surface area contributed by atoms with Crippen LogP contribution in [0.2, 0.25) is 0 Å². The number of rotatable bonds is 1. The van der Waals surface area contributed by atoms with Crippen molar-refractivity contribution in [3.05, 3.63) is 59.7 Å². The van der Waals surface area contributed by atoms with Gasteiger partial charge in [-0.2, -0.15) is 0 Å². The Morgan fingerprint density at radius 1 is 0.615 bits per heavy atom. The molecule has 2 aliphatic heterocycles. The van der Waals surface area contributed by atoms with Crippen LogP contribution in [0.4, 0.5) is 11.4 Å². The molecular weight excluding hydrogens is 320 g/mol. The van der Waals surface area contributed by atoms with Crippen molar-refractivity contribution in [2.24, 2.45) is 10.2 Å². The Balaban J connectivity index is 0.000000570. The van der Waals surface area contributed by atoms with Crippen LogP contribution in [0.5, 0.6) is 0 Å². The first-order chi connectivity index (χ1) is 12.7. The van der Waals surface area contributed by atoms with Crippen LogP contribution >= 0.6 is 0 Å². The Labute approximate surface area is 157 Å². The summed E-state index contributed by atoms with van der Waals surface area (Å²) in [5, 5.41) is 9.05. The molecule has 26 heavy (non-hydrogen) atoms. The molecule has 0 amide bonds. The molecule has 2 heterocycles. The van der Waals surface area contributed by atoms with E-state index in [1.807, 2.05) is 27.7 Å². The molecule has 4 nitrogen and oxygen atoms in total. The summed E-state index contributed by atoms with van der Waals surface area (Å²) < 4.78 is 0. The predicted molar refractivity (Wildman–Crippen MR) is 115 cm³/mol. The van der Waals surface area contributed by atoms with Crippen LogP contribution < -0.4 is 9.80 Å². The molecule has 0 atom stereocenters. The second kappa shape index (κ2) is 9.18. The van der Waals surface area contributed by atoms with Crippen LogP contribution in [0.1, 0.15) is 38.8 Å². The Bertz CT molecular complexity index is 725. The lowest BCUT2D eigenvalue weighted by molar-refractivity contribution is 1.12. The monoisotopic (exact) mass is 350 g/mol. The number of nitrogens with zero attached hydrogens (tertiary/aromatic N) is 4. The molecule has 2 aliphatic rings. The van der Waals surface area contributed by atoms with E-state index in [-0.39, 0.29) is 0 Å². The lowest BCUT2D eigenvalue weighted by Crippen LogP contribution is -2.23. The molecule has 0 bridgehead atoms. The maximum absolute atomic E-state index is 4.52. The van der Waals surface area contributed by atoms with Gasteiger partial charge in [-0.3, -0.25) is 0 Å². The van der Waals surface area contributed by atoms with Crippen LogP contribution in [0.15, 0.2) is 58.7 Å². The highest BCUT2D eigenvalue weighted by Crippen LogP contribution is 2.29. The highest BCUT2D eigenvalue weighted by atomic mass is 15.4. The lowest BCUT2D eigenvalue weighted by Gasteiger charge is -2.14. The minimum atomic E-state index is 0.847. The third kappa shape index (κ3) is 3.79. The molecule has 0 spiro atoms. The van der Waals surface area contributed by atoms with Crippen LogP contribution in [-0.4, -0.2) is 25.8 Å². The van der Waals surface area contributed by atoms with Crippen molar-refractivity contribution in [1.29, 1.82) is 0 Å². The molecular formula is C22H30N4. The Morgan fingerprint density at radius 3 is 1.31 bits per heavy atom. The second-order valence-electron chi connectivity index (χ2n) is 5.76. The summed E-state index contributed by atoms with van der Waals surface area (Å²) in [6.07, 6.45) is 1.69. The van der Waals surface area contributed by atoms with Crippen molar-refractivity contribution < 1.29 is 0 Å². The second-order valence-corrected chi connectivity index (χ2v) is 5.76. The van der Waals surface area contributed by atoms with E-state index in [1.165, 1.54) is 22.5 Å². The van der Waals surface area contributed by atoms with Gasteiger partial charge in [0.15, 0.2) is 0 Å². The molecule has 0 fully saturated rings. The molecule has 138 valence electrons. The number of hydrogen-bond donors (Lipinski definition) is 0. The van der Waals surface area contributed by atoms with E-state index in [2.05, 4.69) is 82.6 Å². The fourth-order valence-corrected chi connectivity index (χ4v) is 3.15. The summed E-state index contributed by atoms with van der Waals surface area (Å²) >= 11 is 0. The number of hydrogen-bond acceptors (Lipinski definition) is 2. The van der Waals surface area contributed by atoms with Gasteiger partial charge in [0, 0.05) is 38.3 Å². The van der Waals surface area contributed by atoms with Gasteiger partial charge in [-0.15, -0.1) is 10.2 Å². The summed E-state index contributed by atoms with van der Waals surface area (Å²) in [6.45, 7) is 8.00. The average Bonchev–Trinajstić information content (AvgIpc) is 3.21. The van der Waals surface area contributed by atoms with Gasteiger partial charge in [0.2, 0.25) is 0 Å². The topological polar surface area (TPSA) is 31.2 Å². The van der Waals surface area contributed by atoms with Crippen molar-refractivity contribution >= 4 is 23.0 Å². The maximum Gasteiger partial charge on any atom is 0.136 e. The molecule has 2 aromatic rings. The van der Waals surface area contributed by atoms with Gasteiger partial charge >= 0.3 is 0 Å². The van der Waals surface area contributed by atoms with Crippen LogP contribution in [0.3, 0.4) is 0 Å². The summed E-state index contributed by atoms with van der Waals surface area (Å²) in [5.41, 5.74) is 5.08. The van der Waals surface area contributed by atoms with Crippen LogP contribution in [-0.2, 0) is 12.8 Å². The Hall–Kier alpha value is -2.62. The molecule has 0 saturated carbocycles. The normalized spacial score (nSPS) is 17.3. The minimum absolute atomic E-state index is 0.847. The fraction of sp³-hybridized carbons (Fsp3) is 0.364. The van der Waals surface area contributed by atoms with E-state index < -0.39 is 0 Å². The van der Waals surface area contributed by atoms with E-state index in [9.17, 15) is 0 Å². The number of benzene rings is 2. The first kappa shape index (κ1) is 19.7. The number of fused-ring (bicyclic) bond motifs is 2. The molecule has 0 aromatic heterocycles. The van der Waals surface area contributed by atoms with Gasteiger partial charge in [0.1, 0.15) is 11.7 Å². The van der Waals surface area contributed by atoms with Crippen molar-refractivity contribution in [3.8, 4) is 0 Å². The van der Waals surface area contributed by atoms with E-state index in [4.69, 9.17) is 0 Å². The van der Waals surface area contributed by atoms with Crippen molar-refractivity contribution in [1.82, 2.24) is 0 Å². The number of para-hydroxylation sites is 2. The van der Waals surface area contributed by atoms with E-state index >= 15 is 0 Å². The summed E-state index contributed by atoms with van der Waals surface area (Å²) in [7, 11) is 4.11. The van der Waals surface area contributed by atoms with E-state index in [0.717, 1.165) is 24.5 Å². The third-order valence-corrected chi connectivity index (χ3v) is 4.46. The molecule has 0 saturated heterocycles. The van der Waals surface area contributed by atoms with Crippen molar-refractivity contribution in [2.45, 2.75) is 40.5 Å². The Kier molecular flexibility index (Phi) is 6.96. The smallest absolute Gasteiger partial charge is 0.136 e. The first-order valence-corrected chi connectivity index (χ1v) is 9.50. The van der Waals surface area contributed by atoms with Gasteiger partial charge in [-0.1, -0.05) is 64.1 Å². The molecule has 0 unspecified atom stereocenters. The van der Waals surface area contributed by atoms with E-state index in [0.29, 0.717) is 0 Å². The SMILES string of the molecule is CC.CC.CN1/C(=N\N=C2/Cc3ccccc3N2C)Cc2ccccc21. The molecule has 4 heteroatoms. The number of anilines is 2. The molecule has 0 N–H and O–H groups in total. The lowest BCUT2D eigenvalue weighted by atomic mass is 10.2. The maximum atomic E-state index is 4.52. The first-order valence-electron chi connectivity index (χ1n) is 9.50. The van der Waals surface area contributed by atoms with Gasteiger partial charge in [-0.25, -0.2) is 0 Å². The fourth-order valence-electron chi connectivity index (χ4n) is 3.15. The zero-order chi connectivity index (χ0) is 19.1. The van der Waals surface area contributed by atoms with Gasteiger partial charge in [0.25, 0.3) is 0 Å². The largest absolute Gasteiger partial charge is 0.331 e. The summed E-state index contributed by atoms with van der Waals surface area (Å²) in [6, 6.07) is 16.8. The van der Waals surface area contributed by atoms with Gasteiger partial charge in [-0.05, 0) is 23.3 Å². The van der Waals surface area contributed by atoms with Crippen molar-refractivity contribution in [2.75, 3.05) is 23.9 Å². The highest BCUT2D eigenvalue weighted by Gasteiger charge is 2.24. The highest BCUT2D eigenvalue weighted by molar-refractivity contribution is 6.07. The number of likely N-dealkylation sites (N-methyl/N-ethyl adjacent to an activating group) is 2. The molecule has 0 aliphatic carbocycles. The molecule has 0 radical (unpaired) electrons. The summed E-state index contributed by atoms with van der Waals surface area (Å²) in [5.74, 6) is 2.00. The Morgan fingerprint density at radius 2 is 0.962 bits per heavy atom. The molecule has 2 aromatic carbocycles. The van der Waals surface area contributed by atoms with Crippen LogP contribution in [0.25, 0.3) is 0 Å². The molecule has 4 rings (SSSR count). The average molecular weight is 351 g/mol. The third-order valence-electron chi connectivity index (χ3n) is 4.46. The zero-order valence-corrected chi connectivity index (χ0v) is 16.8. The van der Waals surface area contributed by atoms with E-state index in [1.54, 1.807) is 0 Å². The van der Waals surface area contributed by atoms with Gasteiger partial charge < -0.3 is 9.80 Å². The zero-order valence-electron chi connectivity index (χ0n) is 16.8. The number of amidine groups is 2.